The van der Waals surface area contributed by atoms with Gasteiger partial charge in [-0.15, -0.1) is 0 Å². The molecule has 0 spiro atoms. The fraction of sp³-hybridized carbons (Fsp3) is 0.667. The van der Waals surface area contributed by atoms with Crippen LogP contribution < -0.4 is 5.32 Å². The second-order valence-corrected chi connectivity index (χ2v) is 6.40. The van der Waals surface area contributed by atoms with Gasteiger partial charge in [-0.05, 0) is 51.6 Å². The molecule has 0 saturated carbocycles. The number of hydrogen-bond acceptors (Lipinski definition) is 3. The van der Waals surface area contributed by atoms with Gasteiger partial charge in [0.25, 0.3) is 0 Å². The molecule has 22 heavy (non-hydrogen) atoms. The van der Waals surface area contributed by atoms with Gasteiger partial charge in [0.1, 0.15) is 5.82 Å². The highest BCUT2D eigenvalue weighted by Crippen LogP contribution is 2.39. The molecule has 1 aliphatic rings. The van der Waals surface area contributed by atoms with Crippen molar-refractivity contribution >= 4 is 0 Å². The van der Waals surface area contributed by atoms with E-state index in [0.29, 0.717) is 18.6 Å². The zero-order valence-corrected chi connectivity index (χ0v) is 13.7. The van der Waals surface area contributed by atoms with E-state index in [1.807, 2.05) is 6.92 Å². The average molecular weight is 309 g/mol. The number of methoxy groups -OCH3 is 1. The fourth-order valence-corrected chi connectivity index (χ4v) is 3.43. The molecule has 0 aliphatic carbocycles. The van der Waals surface area contributed by atoms with Crippen LogP contribution in [-0.2, 0) is 10.3 Å². The number of hydrogen-bond donors (Lipinski definition) is 2. The summed E-state index contributed by atoms with van der Waals surface area (Å²) in [6.45, 7) is 4.34. The first-order valence-corrected chi connectivity index (χ1v) is 8.26. The molecule has 0 aromatic heterocycles. The maximum absolute atomic E-state index is 14.4. The number of aliphatic hydroxyl groups is 1. The van der Waals surface area contributed by atoms with E-state index in [4.69, 9.17) is 4.74 Å². The molecule has 3 nitrogen and oxygen atoms in total. The Hall–Kier alpha value is -0.970. The van der Waals surface area contributed by atoms with Gasteiger partial charge < -0.3 is 15.2 Å². The van der Waals surface area contributed by atoms with Gasteiger partial charge in [-0.3, -0.25) is 0 Å². The maximum atomic E-state index is 14.4. The Morgan fingerprint density at radius 2 is 2.23 bits per heavy atom. The van der Waals surface area contributed by atoms with Gasteiger partial charge in [0.2, 0.25) is 0 Å². The Morgan fingerprint density at radius 3 is 2.91 bits per heavy atom. The number of benzene rings is 1. The molecular weight excluding hydrogens is 281 g/mol. The zero-order chi connectivity index (χ0) is 16.0. The van der Waals surface area contributed by atoms with Crippen molar-refractivity contribution in [2.45, 2.75) is 44.6 Å². The fourth-order valence-electron chi connectivity index (χ4n) is 3.43. The van der Waals surface area contributed by atoms with E-state index in [1.54, 1.807) is 19.2 Å². The number of nitrogens with one attached hydrogen (secondary N) is 1. The molecule has 0 bridgehead atoms. The van der Waals surface area contributed by atoms with Crippen LogP contribution in [0.2, 0.25) is 0 Å². The molecule has 1 unspecified atom stereocenters. The highest BCUT2D eigenvalue weighted by atomic mass is 19.1. The lowest BCUT2D eigenvalue weighted by Crippen LogP contribution is -2.45. The molecule has 124 valence electrons. The van der Waals surface area contributed by atoms with Crippen molar-refractivity contribution in [3.8, 4) is 0 Å². The average Bonchev–Trinajstić information content (AvgIpc) is 2.54. The summed E-state index contributed by atoms with van der Waals surface area (Å²) < 4.78 is 19.5. The Bertz CT molecular complexity index is 474. The van der Waals surface area contributed by atoms with Crippen LogP contribution in [0.5, 0.6) is 0 Å². The van der Waals surface area contributed by atoms with Crippen molar-refractivity contribution in [2.75, 3.05) is 26.8 Å². The highest BCUT2D eigenvalue weighted by Gasteiger charge is 2.40. The normalized spacial score (nSPS) is 21.5. The van der Waals surface area contributed by atoms with Gasteiger partial charge >= 0.3 is 0 Å². The quantitative estimate of drug-likeness (QED) is 0.760. The van der Waals surface area contributed by atoms with E-state index in [1.165, 1.54) is 6.07 Å². The molecule has 1 saturated heterocycles. The third-order valence-electron chi connectivity index (χ3n) is 4.72. The molecular formula is C18H28FNO2. The lowest BCUT2D eigenvalue weighted by Gasteiger charge is -2.39. The van der Waals surface area contributed by atoms with Crippen molar-refractivity contribution in [3.63, 3.8) is 0 Å². The maximum Gasteiger partial charge on any atom is 0.129 e. The largest absolute Gasteiger partial charge is 0.385 e. The second kappa shape index (κ2) is 8.04. The molecule has 2 rings (SSSR count). The number of rotatable bonds is 7. The molecule has 1 aromatic carbocycles. The van der Waals surface area contributed by atoms with Gasteiger partial charge in [-0.25, -0.2) is 4.39 Å². The number of unbranched alkanes of at least 4 members (excludes halogenated alkanes) is 1. The smallest absolute Gasteiger partial charge is 0.129 e. The van der Waals surface area contributed by atoms with Crippen LogP contribution in [0.3, 0.4) is 0 Å². The molecule has 2 N–H and O–H groups in total. The molecule has 0 radical (unpaired) electrons. The number of ether oxygens (including phenoxy) is 1. The monoisotopic (exact) mass is 309 g/mol. The first-order valence-electron chi connectivity index (χ1n) is 8.26. The summed E-state index contributed by atoms with van der Waals surface area (Å²) in [6.07, 6.45) is 4.24. The summed E-state index contributed by atoms with van der Waals surface area (Å²) in [4.78, 5) is 0. The summed E-state index contributed by atoms with van der Waals surface area (Å²) in [5, 5.41) is 14.7. The Morgan fingerprint density at radius 1 is 1.41 bits per heavy atom. The van der Waals surface area contributed by atoms with Crippen molar-refractivity contribution < 1.29 is 14.2 Å². The summed E-state index contributed by atoms with van der Waals surface area (Å²) in [5.41, 5.74) is 0.339. The van der Waals surface area contributed by atoms with Crippen molar-refractivity contribution in [2.24, 2.45) is 5.92 Å². The first kappa shape index (κ1) is 17.4. The van der Waals surface area contributed by atoms with Gasteiger partial charge in [0.05, 0.1) is 5.60 Å². The summed E-state index contributed by atoms with van der Waals surface area (Å²) in [7, 11) is 1.68. The first-order chi connectivity index (χ1) is 10.6. The SMILES string of the molecule is COCCCC[C@@](O)(c1cc(C)ccc1F)C1CCCNC1. The molecule has 0 amide bonds. The van der Waals surface area contributed by atoms with Gasteiger partial charge in [0, 0.05) is 31.7 Å². The van der Waals surface area contributed by atoms with Crippen LogP contribution in [-0.4, -0.2) is 31.9 Å². The third kappa shape index (κ3) is 4.06. The summed E-state index contributed by atoms with van der Waals surface area (Å²) >= 11 is 0. The second-order valence-electron chi connectivity index (χ2n) is 6.40. The summed E-state index contributed by atoms with van der Waals surface area (Å²) in [5.74, 6) is -0.245. The molecule has 1 aliphatic heterocycles. The van der Waals surface area contributed by atoms with E-state index in [0.717, 1.165) is 44.3 Å². The molecule has 4 heteroatoms. The van der Waals surface area contributed by atoms with Crippen LogP contribution in [0.25, 0.3) is 0 Å². The minimum atomic E-state index is -1.10. The summed E-state index contributed by atoms with van der Waals surface area (Å²) in [6, 6.07) is 5.03. The van der Waals surface area contributed by atoms with E-state index in [2.05, 4.69) is 5.32 Å². The van der Waals surface area contributed by atoms with E-state index < -0.39 is 5.60 Å². The topological polar surface area (TPSA) is 41.5 Å². The molecule has 2 atom stereocenters. The predicted molar refractivity (Wildman–Crippen MR) is 86.4 cm³/mol. The number of aryl methyl sites for hydroxylation is 1. The molecule has 1 fully saturated rings. The van der Waals surface area contributed by atoms with E-state index in [9.17, 15) is 9.50 Å². The third-order valence-corrected chi connectivity index (χ3v) is 4.72. The lowest BCUT2D eigenvalue weighted by atomic mass is 9.74. The van der Waals surface area contributed by atoms with Crippen molar-refractivity contribution in [1.29, 1.82) is 0 Å². The lowest BCUT2D eigenvalue weighted by molar-refractivity contribution is -0.0461. The minimum absolute atomic E-state index is 0.0556. The van der Waals surface area contributed by atoms with Crippen LogP contribution in [0, 0.1) is 18.7 Å². The highest BCUT2D eigenvalue weighted by molar-refractivity contribution is 5.30. The standard InChI is InChI=1S/C18H28FNO2/c1-14-7-8-17(19)16(12-14)18(21,9-3-4-11-22-2)15-6-5-10-20-13-15/h7-8,12,15,20-21H,3-6,9-11,13H2,1-2H3/t15?,18-/m0/s1. The number of piperidine rings is 1. The van der Waals surface area contributed by atoms with Crippen molar-refractivity contribution in [3.05, 3.63) is 35.1 Å². The molecule has 1 aromatic rings. The van der Waals surface area contributed by atoms with Gasteiger partial charge in [0.15, 0.2) is 0 Å². The van der Waals surface area contributed by atoms with Crippen LogP contribution in [0.1, 0.15) is 43.2 Å². The zero-order valence-electron chi connectivity index (χ0n) is 13.7. The van der Waals surface area contributed by atoms with E-state index >= 15 is 0 Å². The van der Waals surface area contributed by atoms with Gasteiger partial charge in [-0.2, -0.15) is 0 Å². The van der Waals surface area contributed by atoms with Crippen LogP contribution in [0.4, 0.5) is 4.39 Å². The van der Waals surface area contributed by atoms with E-state index in [-0.39, 0.29) is 11.7 Å². The Labute approximate surface area is 132 Å². The minimum Gasteiger partial charge on any atom is -0.385 e. The Kier molecular flexibility index (Phi) is 6.36. The van der Waals surface area contributed by atoms with Crippen LogP contribution >= 0.6 is 0 Å². The van der Waals surface area contributed by atoms with Crippen LogP contribution in [0.15, 0.2) is 18.2 Å². The Balaban J connectivity index is 2.24. The predicted octanol–water partition coefficient (Wildman–Crippen LogP) is 3.14. The molecule has 1 heterocycles. The van der Waals surface area contributed by atoms with Gasteiger partial charge in [-0.1, -0.05) is 17.7 Å². The van der Waals surface area contributed by atoms with Crippen molar-refractivity contribution in [1.82, 2.24) is 5.32 Å². The number of halogens is 1.